The van der Waals surface area contributed by atoms with Crippen molar-refractivity contribution in [2.45, 2.75) is 6.92 Å². The first kappa shape index (κ1) is 21.5. The average Bonchev–Trinajstić information content (AvgIpc) is 2.75. The molecule has 2 amide bonds. The summed E-state index contributed by atoms with van der Waals surface area (Å²) in [6.45, 7) is 1.84. The van der Waals surface area contributed by atoms with Gasteiger partial charge in [-0.2, -0.15) is 5.10 Å². The molecule has 7 heteroatoms. The molecule has 152 valence electrons. The number of benzene rings is 3. The largest absolute Gasteiger partial charge is 0.484 e. The minimum Gasteiger partial charge on any atom is -0.484 e. The fourth-order valence-electron chi connectivity index (χ4n) is 2.56. The normalized spacial score (nSPS) is 10.6. The van der Waals surface area contributed by atoms with Gasteiger partial charge in [-0.05, 0) is 89.2 Å². The quantitative estimate of drug-likeness (QED) is 0.280. The van der Waals surface area contributed by atoms with Crippen LogP contribution in [-0.2, 0) is 4.79 Å². The molecule has 2 N–H and O–H groups in total. The molecule has 0 atom stereocenters. The van der Waals surface area contributed by atoms with Crippen LogP contribution in [0.4, 0.5) is 5.69 Å². The van der Waals surface area contributed by atoms with Crippen LogP contribution in [-0.4, -0.2) is 24.6 Å². The van der Waals surface area contributed by atoms with Gasteiger partial charge in [-0.1, -0.05) is 24.3 Å². The van der Waals surface area contributed by atoms with Gasteiger partial charge in [0.05, 0.1) is 6.21 Å². The Morgan fingerprint density at radius 3 is 2.53 bits per heavy atom. The van der Waals surface area contributed by atoms with Crippen LogP contribution in [0.1, 0.15) is 21.5 Å². The van der Waals surface area contributed by atoms with Gasteiger partial charge in [0.25, 0.3) is 11.8 Å². The first-order valence-corrected chi connectivity index (χ1v) is 10.3. The lowest BCUT2D eigenvalue weighted by Crippen LogP contribution is -2.20. The molecule has 0 spiro atoms. The first-order valence-electron chi connectivity index (χ1n) is 9.18. The van der Waals surface area contributed by atoms with Crippen molar-refractivity contribution in [1.82, 2.24) is 5.43 Å². The molecular weight excluding hydrogens is 493 g/mol. The zero-order chi connectivity index (χ0) is 21.3. The second-order valence-electron chi connectivity index (χ2n) is 6.43. The maximum Gasteiger partial charge on any atom is 0.271 e. The molecule has 0 saturated carbocycles. The van der Waals surface area contributed by atoms with Crippen LogP contribution in [0.5, 0.6) is 5.75 Å². The van der Waals surface area contributed by atoms with E-state index in [2.05, 4.69) is 38.4 Å². The van der Waals surface area contributed by atoms with Crippen molar-refractivity contribution in [3.8, 4) is 5.75 Å². The standard InChI is InChI=1S/C23H20IN3O3/c1-16-5-2-3-8-21(16)26-22(28)15-30-20-11-9-17(10-12-20)14-25-27-23(29)18-6-4-7-19(24)13-18/h2-14H,15H2,1H3,(H,26,28)(H,27,29)/b25-14-. The number of hydrazone groups is 1. The van der Waals surface area contributed by atoms with Crippen LogP contribution >= 0.6 is 22.6 Å². The Bertz CT molecular complexity index is 1070. The van der Waals surface area contributed by atoms with E-state index in [0.717, 1.165) is 20.4 Å². The van der Waals surface area contributed by atoms with Crippen molar-refractivity contribution < 1.29 is 14.3 Å². The van der Waals surface area contributed by atoms with Crippen molar-refractivity contribution in [3.63, 3.8) is 0 Å². The molecule has 30 heavy (non-hydrogen) atoms. The van der Waals surface area contributed by atoms with Crippen LogP contribution in [0.25, 0.3) is 0 Å². The number of hydrogen-bond donors (Lipinski definition) is 2. The van der Waals surface area contributed by atoms with E-state index in [1.54, 1.807) is 42.6 Å². The van der Waals surface area contributed by atoms with Crippen molar-refractivity contribution in [2.24, 2.45) is 5.10 Å². The molecule has 0 aliphatic rings. The minimum atomic E-state index is -0.274. The number of ether oxygens (including phenoxy) is 1. The Morgan fingerprint density at radius 1 is 1.03 bits per heavy atom. The number of carbonyl (C=O) groups excluding carboxylic acids is 2. The van der Waals surface area contributed by atoms with Gasteiger partial charge in [0, 0.05) is 14.8 Å². The average molecular weight is 513 g/mol. The molecule has 0 aliphatic heterocycles. The van der Waals surface area contributed by atoms with E-state index in [-0.39, 0.29) is 18.4 Å². The number of aryl methyl sites for hydroxylation is 1. The molecule has 0 fully saturated rings. The molecule has 3 aromatic carbocycles. The molecule has 0 heterocycles. The van der Waals surface area contributed by atoms with Gasteiger partial charge in [-0.3, -0.25) is 9.59 Å². The summed E-state index contributed by atoms with van der Waals surface area (Å²) in [5.74, 6) is 0.0626. The molecule has 0 bridgehead atoms. The summed E-state index contributed by atoms with van der Waals surface area (Å²) >= 11 is 2.15. The number of amides is 2. The van der Waals surface area contributed by atoms with E-state index in [4.69, 9.17) is 4.74 Å². The zero-order valence-corrected chi connectivity index (χ0v) is 18.4. The highest BCUT2D eigenvalue weighted by molar-refractivity contribution is 14.1. The third-order valence-electron chi connectivity index (χ3n) is 4.14. The number of anilines is 1. The molecule has 0 aromatic heterocycles. The Morgan fingerprint density at radius 2 is 1.80 bits per heavy atom. The van der Waals surface area contributed by atoms with E-state index in [1.807, 2.05) is 43.3 Å². The molecule has 3 rings (SSSR count). The monoisotopic (exact) mass is 513 g/mol. The molecule has 0 unspecified atom stereocenters. The number of rotatable bonds is 7. The third-order valence-corrected chi connectivity index (χ3v) is 4.81. The lowest BCUT2D eigenvalue weighted by molar-refractivity contribution is -0.118. The van der Waals surface area contributed by atoms with Crippen LogP contribution in [0.2, 0.25) is 0 Å². The predicted molar refractivity (Wildman–Crippen MR) is 126 cm³/mol. The van der Waals surface area contributed by atoms with Gasteiger partial charge in [0.1, 0.15) is 5.75 Å². The fraction of sp³-hybridized carbons (Fsp3) is 0.0870. The molecule has 0 saturated heterocycles. The summed E-state index contributed by atoms with van der Waals surface area (Å²) in [5.41, 5.74) is 5.59. The third kappa shape index (κ3) is 6.41. The maximum atomic E-state index is 12.1. The second kappa shape index (κ2) is 10.5. The van der Waals surface area contributed by atoms with Crippen LogP contribution in [0.3, 0.4) is 0 Å². The minimum absolute atomic E-state index is 0.0896. The Labute approximate surface area is 188 Å². The first-order chi connectivity index (χ1) is 14.5. The lowest BCUT2D eigenvalue weighted by Gasteiger charge is -2.09. The number of halogens is 1. The van der Waals surface area contributed by atoms with Gasteiger partial charge in [-0.25, -0.2) is 5.43 Å². The van der Waals surface area contributed by atoms with Crippen molar-refractivity contribution in [2.75, 3.05) is 11.9 Å². The van der Waals surface area contributed by atoms with E-state index in [0.29, 0.717) is 11.3 Å². The van der Waals surface area contributed by atoms with Gasteiger partial charge < -0.3 is 10.1 Å². The summed E-state index contributed by atoms with van der Waals surface area (Å²) in [5, 5.41) is 6.80. The Kier molecular flexibility index (Phi) is 7.56. The summed E-state index contributed by atoms with van der Waals surface area (Å²) in [4.78, 5) is 24.1. The molecule has 6 nitrogen and oxygen atoms in total. The van der Waals surface area contributed by atoms with E-state index in [1.165, 1.54) is 0 Å². The number of hydrogen-bond acceptors (Lipinski definition) is 4. The van der Waals surface area contributed by atoms with Gasteiger partial charge in [0.2, 0.25) is 0 Å². The highest BCUT2D eigenvalue weighted by Crippen LogP contribution is 2.14. The summed E-state index contributed by atoms with van der Waals surface area (Å²) in [7, 11) is 0. The Hall–Kier alpha value is -3.20. The SMILES string of the molecule is Cc1ccccc1NC(=O)COc1ccc(/C=N\NC(=O)c2cccc(I)c2)cc1. The van der Waals surface area contributed by atoms with Gasteiger partial charge in [0.15, 0.2) is 6.61 Å². The highest BCUT2D eigenvalue weighted by Gasteiger charge is 2.06. The van der Waals surface area contributed by atoms with Gasteiger partial charge >= 0.3 is 0 Å². The van der Waals surface area contributed by atoms with E-state index >= 15 is 0 Å². The van der Waals surface area contributed by atoms with E-state index < -0.39 is 0 Å². The van der Waals surface area contributed by atoms with Crippen LogP contribution in [0, 0.1) is 10.5 Å². The highest BCUT2D eigenvalue weighted by atomic mass is 127. The van der Waals surface area contributed by atoms with Crippen molar-refractivity contribution in [3.05, 3.63) is 93.1 Å². The molecular formula is C23H20IN3O3. The maximum absolute atomic E-state index is 12.1. The fourth-order valence-corrected chi connectivity index (χ4v) is 3.10. The zero-order valence-electron chi connectivity index (χ0n) is 16.3. The number of nitrogens with zero attached hydrogens (tertiary/aromatic N) is 1. The van der Waals surface area contributed by atoms with Crippen LogP contribution < -0.4 is 15.5 Å². The van der Waals surface area contributed by atoms with Crippen LogP contribution in [0.15, 0.2) is 77.9 Å². The van der Waals surface area contributed by atoms with Crippen molar-refractivity contribution in [1.29, 1.82) is 0 Å². The number of nitrogens with one attached hydrogen (secondary N) is 2. The van der Waals surface area contributed by atoms with Crippen molar-refractivity contribution >= 4 is 46.3 Å². The smallest absolute Gasteiger partial charge is 0.271 e. The summed E-state index contributed by atoms with van der Waals surface area (Å²) < 4.78 is 6.50. The molecule has 0 aliphatic carbocycles. The summed E-state index contributed by atoms with van der Waals surface area (Å²) in [6.07, 6.45) is 1.54. The lowest BCUT2D eigenvalue weighted by atomic mass is 10.2. The van der Waals surface area contributed by atoms with E-state index in [9.17, 15) is 9.59 Å². The summed E-state index contributed by atoms with van der Waals surface area (Å²) in [6, 6.07) is 21.9. The predicted octanol–water partition coefficient (Wildman–Crippen LogP) is 4.38. The topological polar surface area (TPSA) is 79.8 Å². The molecule has 3 aromatic rings. The van der Waals surface area contributed by atoms with Gasteiger partial charge in [-0.15, -0.1) is 0 Å². The number of carbonyl (C=O) groups is 2. The molecule has 0 radical (unpaired) electrons. The Balaban J connectivity index is 1.47. The second-order valence-corrected chi connectivity index (χ2v) is 7.68. The number of para-hydroxylation sites is 1.